The number of quaternary nitrogens is 1. The fraction of sp³-hybridized carbons (Fsp3) is 0.588. The minimum Gasteiger partial charge on any atom is -0.550 e. The molecule has 1 saturated heterocycles. The third kappa shape index (κ3) is 4.55. The Morgan fingerprint density at radius 2 is 1.83 bits per heavy atom. The molecule has 1 heterocycles. The van der Waals surface area contributed by atoms with Gasteiger partial charge in [-0.05, 0) is 30.0 Å². The Hall–Kier alpha value is -1.44. The van der Waals surface area contributed by atoms with Crippen LogP contribution < -0.4 is 10.0 Å². The van der Waals surface area contributed by atoms with Gasteiger partial charge in [0.25, 0.3) is 0 Å². The second-order valence-corrected chi connectivity index (χ2v) is 8.34. The highest BCUT2D eigenvalue weighted by Gasteiger charge is 2.30. The third-order valence-electron chi connectivity index (χ3n) is 4.81. The van der Waals surface area contributed by atoms with E-state index in [-0.39, 0.29) is 6.42 Å². The Balaban J connectivity index is 2.00. The van der Waals surface area contributed by atoms with Crippen LogP contribution in [0.25, 0.3) is 0 Å². The molecule has 1 N–H and O–H groups in total. The van der Waals surface area contributed by atoms with Crippen LogP contribution in [0.2, 0.25) is 0 Å². The van der Waals surface area contributed by atoms with E-state index in [2.05, 4.69) is 13.8 Å². The van der Waals surface area contributed by atoms with Crippen molar-refractivity contribution in [3.8, 4) is 0 Å². The van der Waals surface area contributed by atoms with Crippen molar-refractivity contribution in [3.63, 3.8) is 0 Å². The summed E-state index contributed by atoms with van der Waals surface area (Å²) in [6, 6.07) is 7.16. The molecule has 1 aliphatic rings. The van der Waals surface area contributed by atoms with Crippen molar-refractivity contribution in [2.45, 2.75) is 37.5 Å². The Kier molecular flexibility index (Phi) is 6.37. The molecule has 6 nitrogen and oxygen atoms in total. The number of nitrogens with zero attached hydrogens (tertiary/aromatic N) is 1. The van der Waals surface area contributed by atoms with Crippen LogP contribution in [-0.4, -0.2) is 51.4 Å². The molecule has 0 saturated carbocycles. The van der Waals surface area contributed by atoms with Gasteiger partial charge in [0.15, 0.2) is 0 Å². The first-order chi connectivity index (χ1) is 11.3. The highest BCUT2D eigenvalue weighted by atomic mass is 32.2. The molecule has 0 unspecified atom stereocenters. The minimum atomic E-state index is -3.47. The summed E-state index contributed by atoms with van der Waals surface area (Å²) in [5.41, 5.74) is 1.15. The van der Waals surface area contributed by atoms with Gasteiger partial charge in [-0.2, -0.15) is 4.31 Å². The molecule has 0 bridgehead atoms. The van der Waals surface area contributed by atoms with E-state index in [1.54, 1.807) is 12.1 Å². The molecule has 1 aromatic rings. The number of carbonyl (C=O) groups excluding carboxylic acids is 1. The molecule has 1 fully saturated rings. The molecule has 0 spiro atoms. The van der Waals surface area contributed by atoms with Crippen LogP contribution in [0.1, 0.15) is 38.2 Å². The first-order valence-electron chi connectivity index (χ1n) is 8.48. The topological polar surface area (TPSA) is 82.0 Å². The molecular weight excluding hydrogens is 328 g/mol. The smallest absolute Gasteiger partial charge is 0.243 e. The lowest BCUT2D eigenvalue weighted by molar-refractivity contribution is -0.903. The second kappa shape index (κ2) is 8.09. The minimum absolute atomic E-state index is 0.0131. The normalized spacial score (nSPS) is 18.4. The van der Waals surface area contributed by atoms with E-state index in [9.17, 15) is 18.3 Å². The highest BCUT2D eigenvalue weighted by molar-refractivity contribution is 7.89. The van der Waals surface area contributed by atoms with E-state index in [0.717, 1.165) is 16.9 Å². The summed E-state index contributed by atoms with van der Waals surface area (Å²) < 4.78 is 26.9. The molecular formula is C17H26N2O4S. The van der Waals surface area contributed by atoms with Crippen molar-refractivity contribution < 1.29 is 23.2 Å². The van der Waals surface area contributed by atoms with Gasteiger partial charge in [0.1, 0.15) is 0 Å². The van der Waals surface area contributed by atoms with Gasteiger partial charge in [-0.15, -0.1) is 0 Å². The standard InChI is InChI=1S/C17H26N2O4S/c1-3-14(2)15-4-6-16(7-5-15)24(22,23)19-12-10-18(11-13-19)9-8-17(20)21/h4-7,14H,3,8-13H2,1-2H3,(H,20,21)/t14-/m1/s1. The van der Waals surface area contributed by atoms with Crippen LogP contribution in [0.3, 0.4) is 0 Å². The Labute approximate surface area is 144 Å². The number of carboxylic acid groups (broad SMARTS) is 1. The molecule has 24 heavy (non-hydrogen) atoms. The van der Waals surface area contributed by atoms with Gasteiger partial charge >= 0.3 is 0 Å². The summed E-state index contributed by atoms with van der Waals surface area (Å²) in [5, 5.41) is 10.5. The number of piperazine rings is 1. The summed E-state index contributed by atoms with van der Waals surface area (Å²) >= 11 is 0. The molecule has 0 aliphatic carbocycles. The maximum absolute atomic E-state index is 12.7. The SMILES string of the molecule is CC[C@@H](C)c1ccc(S(=O)(=O)N2CC[NH+](CCC(=O)[O-])CC2)cc1. The van der Waals surface area contributed by atoms with E-state index in [1.807, 2.05) is 12.1 Å². The number of hydrogen-bond donors (Lipinski definition) is 1. The summed E-state index contributed by atoms with van der Waals surface area (Å²) in [7, 11) is -3.47. The van der Waals surface area contributed by atoms with Gasteiger partial charge in [-0.3, -0.25) is 0 Å². The van der Waals surface area contributed by atoms with Gasteiger partial charge < -0.3 is 14.8 Å². The first kappa shape index (κ1) is 18.9. The zero-order chi connectivity index (χ0) is 17.7. The van der Waals surface area contributed by atoms with Crippen molar-refractivity contribution in [1.82, 2.24) is 4.31 Å². The lowest BCUT2D eigenvalue weighted by Crippen LogP contribution is -3.15. The van der Waals surface area contributed by atoms with E-state index in [0.29, 0.717) is 43.5 Å². The van der Waals surface area contributed by atoms with Crippen molar-refractivity contribution in [2.75, 3.05) is 32.7 Å². The summed E-state index contributed by atoms with van der Waals surface area (Å²) in [4.78, 5) is 12.0. The lowest BCUT2D eigenvalue weighted by Gasteiger charge is -2.31. The fourth-order valence-electron chi connectivity index (χ4n) is 2.92. The van der Waals surface area contributed by atoms with Crippen LogP contribution in [0, 0.1) is 0 Å². The molecule has 1 aliphatic heterocycles. The summed E-state index contributed by atoms with van der Waals surface area (Å²) in [6.07, 6.45) is 1.03. The zero-order valence-electron chi connectivity index (χ0n) is 14.3. The summed E-state index contributed by atoms with van der Waals surface area (Å²) in [5.74, 6) is -0.642. The van der Waals surface area contributed by atoms with Crippen LogP contribution in [0.5, 0.6) is 0 Å². The third-order valence-corrected chi connectivity index (χ3v) is 6.72. The number of benzene rings is 1. The van der Waals surface area contributed by atoms with E-state index in [1.165, 1.54) is 4.31 Å². The monoisotopic (exact) mass is 354 g/mol. The highest BCUT2D eigenvalue weighted by Crippen LogP contribution is 2.22. The predicted octanol–water partition coefficient (Wildman–Crippen LogP) is -0.771. The average Bonchev–Trinajstić information content (AvgIpc) is 2.59. The quantitative estimate of drug-likeness (QED) is 0.697. The number of rotatable bonds is 7. The predicted molar refractivity (Wildman–Crippen MR) is 89.1 cm³/mol. The second-order valence-electron chi connectivity index (χ2n) is 6.40. The van der Waals surface area contributed by atoms with Crippen LogP contribution in [0.15, 0.2) is 29.2 Å². The molecule has 0 radical (unpaired) electrons. The molecule has 7 heteroatoms. The molecule has 0 aromatic heterocycles. The zero-order valence-corrected chi connectivity index (χ0v) is 15.1. The number of aliphatic carboxylic acids is 1. The van der Waals surface area contributed by atoms with Crippen molar-refractivity contribution >= 4 is 16.0 Å². The molecule has 1 atom stereocenters. The van der Waals surface area contributed by atoms with Crippen LogP contribution in [0.4, 0.5) is 0 Å². The molecule has 0 amide bonds. The van der Waals surface area contributed by atoms with E-state index >= 15 is 0 Å². The van der Waals surface area contributed by atoms with Crippen LogP contribution in [-0.2, 0) is 14.8 Å². The van der Waals surface area contributed by atoms with Crippen LogP contribution >= 0.6 is 0 Å². The number of hydrogen-bond acceptors (Lipinski definition) is 4. The van der Waals surface area contributed by atoms with Crippen molar-refractivity contribution in [1.29, 1.82) is 0 Å². The maximum atomic E-state index is 12.7. The van der Waals surface area contributed by atoms with Gasteiger partial charge in [-0.1, -0.05) is 26.0 Å². The number of carbonyl (C=O) groups is 1. The Morgan fingerprint density at radius 1 is 1.25 bits per heavy atom. The molecule has 134 valence electrons. The number of carboxylic acids is 1. The van der Waals surface area contributed by atoms with Gasteiger partial charge in [0.2, 0.25) is 10.0 Å². The Morgan fingerprint density at radius 3 is 2.33 bits per heavy atom. The maximum Gasteiger partial charge on any atom is 0.243 e. The fourth-order valence-corrected chi connectivity index (χ4v) is 4.37. The number of sulfonamides is 1. The first-order valence-corrected chi connectivity index (χ1v) is 9.92. The largest absolute Gasteiger partial charge is 0.550 e. The lowest BCUT2D eigenvalue weighted by atomic mass is 9.99. The molecule has 2 rings (SSSR count). The van der Waals surface area contributed by atoms with E-state index in [4.69, 9.17) is 0 Å². The van der Waals surface area contributed by atoms with Gasteiger partial charge in [-0.25, -0.2) is 8.42 Å². The van der Waals surface area contributed by atoms with Gasteiger partial charge in [0, 0.05) is 12.4 Å². The number of nitrogens with one attached hydrogen (secondary N) is 1. The van der Waals surface area contributed by atoms with Gasteiger partial charge in [0.05, 0.1) is 37.6 Å². The summed E-state index contributed by atoms with van der Waals surface area (Å²) in [6.45, 7) is 6.79. The molecule has 1 aromatic carbocycles. The van der Waals surface area contributed by atoms with E-state index < -0.39 is 16.0 Å². The average molecular weight is 354 g/mol. The Bertz CT molecular complexity index is 650. The van der Waals surface area contributed by atoms with Crippen molar-refractivity contribution in [2.24, 2.45) is 0 Å². The van der Waals surface area contributed by atoms with Crippen molar-refractivity contribution in [3.05, 3.63) is 29.8 Å².